The Labute approximate surface area is 386 Å². The van der Waals surface area contributed by atoms with Crippen molar-refractivity contribution >= 4 is 38.9 Å². The molecule has 66 heavy (non-hydrogen) atoms. The van der Waals surface area contributed by atoms with E-state index in [0.29, 0.717) is 0 Å². The topological polar surface area (TPSA) is 34.0 Å². The summed E-state index contributed by atoms with van der Waals surface area (Å²) in [5.41, 5.74) is 21.5. The van der Waals surface area contributed by atoms with E-state index < -0.39 is 0 Å². The first-order valence-electron chi connectivity index (χ1n) is 22.6. The quantitative estimate of drug-likeness (QED) is 0.145. The predicted octanol–water partition coefficient (Wildman–Crippen LogP) is 16.6. The number of nitrogens with zero attached hydrogens (tertiary/aromatic N) is 4. The molecule has 11 rings (SSSR count). The van der Waals surface area contributed by atoms with Gasteiger partial charge in [-0.2, -0.15) is 0 Å². The first-order chi connectivity index (χ1) is 32.3. The summed E-state index contributed by atoms with van der Waals surface area (Å²) in [4.78, 5) is 12.5. The van der Waals surface area contributed by atoms with Gasteiger partial charge in [0, 0.05) is 50.2 Å². The van der Waals surface area contributed by atoms with Gasteiger partial charge in [-0.1, -0.05) is 151 Å². The third-order valence-electron chi connectivity index (χ3n) is 12.7. The normalized spacial score (nSPS) is 11.3. The molecule has 0 spiro atoms. The molecule has 0 fully saturated rings. The van der Waals surface area contributed by atoms with Crippen molar-refractivity contribution in [1.82, 2.24) is 14.5 Å². The van der Waals surface area contributed by atoms with E-state index in [2.05, 4.69) is 256 Å². The second-order valence-corrected chi connectivity index (χ2v) is 17.4. The Bertz CT molecular complexity index is 3430. The molecule has 4 nitrogen and oxygen atoms in total. The predicted molar refractivity (Wildman–Crippen MR) is 277 cm³/mol. The van der Waals surface area contributed by atoms with Crippen LogP contribution in [-0.2, 0) is 0 Å². The van der Waals surface area contributed by atoms with E-state index >= 15 is 0 Å². The zero-order chi connectivity index (χ0) is 44.7. The Morgan fingerprint density at radius 1 is 0.348 bits per heavy atom. The first-order valence-corrected chi connectivity index (χ1v) is 22.6. The molecule has 0 N–H and O–H groups in total. The van der Waals surface area contributed by atoms with Crippen LogP contribution in [-0.4, -0.2) is 14.5 Å². The van der Waals surface area contributed by atoms with Crippen LogP contribution in [0.15, 0.2) is 218 Å². The lowest BCUT2D eigenvalue weighted by Crippen LogP contribution is -2.09. The average Bonchev–Trinajstić information content (AvgIpc) is 3.68. The number of aryl methyl sites for hydroxylation is 4. The van der Waals surface area contributed by atoms with Gasteiger partial charge in [-0.05, 0) is 140 Å². The number of anilines is 3. The highest BCUT2D eigenvalue weighted by Crippen LogP contribution is 2.40. The van der Waals surface area contributed by atoms with E-state index in [4.69, 9.17) is 9.97 Å². The van der Waals surface area contributed by atoms with Crippen LogP contribution in [0.25, 0.3) is 83.6 Å². The van der Waals surface area contributed by atoms with Crippen LogP contribution in [0.4, 0.5) is 17.1 Å². The largest absolute Gasteiger partial charge is 0.310 e. The zero-order valence-corrected chi connectivity index (χ0v) is 37.6. The highest BCUT2D eigenvalue weighted by Gasteiger charge is 2.18. The fourth-order valence-electron chi connectivity index (χ4n) is 9.64. The number of hydrogen-bond acceptors (Lipinski definition) is 3. The van der Waals surface area contributed by atoms with Crippen molar-refractivity contribution in [2.45, 2.75) is 27.7 Å². The van der Waals surface area contributed by atoms with E-state index in [1.165, 1.54) is 66.3 Å². The molecule has 2 aromatic heterocycles. The fraction of sp³-hybridized carbons (Fsp3) is 0.0645. The molecular formula is C62H48N4. The number of fused-ring (bicyclic) bond motifs is 3. The first kappa shape index (κ1) is 40.4. The van der Waals surface area contributed by atoms with Crippen molar-refractivity contribution in [2.75, 3.05) is 4.90 Å². The van der Waals surface area contributed by atoms with Crippen LogP contribution >= 0.6 is 0 Å². The number of hydrogen-bond donors (Lipinski definition) is 0. The maximum Gasteiger partial charge on any atom is 0.160 e. The molecule has 0 saturated heterocycles. The molecule has 0 saturated carbocycles. The monoisotopic (exact) mass is 848 g/mol. The summed E-state index contributed by atoms with van der Waals surface area (Å²) in [6, 6.07) is 78.4. The van der Waals surface area contributed by atoms with Crippen molar-refractivity contribution in [3.63, 3.8) is 0 Å². The maximum atomic E-state index is 5.11. The van der Waals surface area contributed by atoms with Gasteiger partial charge in [0.15, 0.2) is 5.82 Å². The van der Waals surface area contributed by atoms with E-state index in [0.717, 1.165) is 56.7 Å². The number of para-hydroxylation sites is 3. The molecule has 0 aliphatic heterocycles. The Balaban J connectivity index is 0.902. The number of benzene rings is 9. The van der Waals surface area contributed by atoms with Crippen LogP contribution in [0.2, 0.25) is 0 Å². The van der Waals surface area contributed by atoms with Gasteiger partial charge in [0.05, 0.1) is 22.4 Å². The van der Waals surface area contributed by atoms with Gasteiger partial charge in [-0.3, -0.25) is 0 Å². The molecule has 316 valence electrons. The number of rotatable bonds is 9. The zero-order valence-electron chi connectivity index (χ0n) is 37.6. The SMILES string of the molecule is Cc1cccc(-c2cc(-c3ccc(-c4c(C)cc(-c5ccc(-n6c7ccccc7c7cc(N(c8ccccc8)c8ccccc8)ccc76)cc5)cc4C)cc3)nc(-c3cccc(C)c3)n2)c1. The van der Waals surface area contributed by atoms with E-state index in [1.54, 1.807) is 0 Å². The molecule has 9 aromatic carbocycles. The number of aromatic nitrogens is 3. The van der Waals surface area contributed by atoms with Gasteiger partial charge in [0.1, 0.15) is 0 Å². The van der Waals surface area contributed by atoms with Crippen molar-refractivity contribution in [3.05, 3.63) is 241 Å². The highest BCUT2D eigenvalue weighted by atomic mass is 15.1. The molecular weight excluding hydrogens is 801 g/mol. The summed E-state index contributed by atoms with van der Waals surface area (Å²) in [7, 11) is 0. The minimum Gasteiger partial charge on any atom is -0.310 e. The van der Waals surface area contributed by atoms with Crippen LogP contribution in [0, 0.1) is 27.7 Å². The standard InChI is InChI=1S/C62H48N4/c1-41-15-13-17-48(35-41)58-40-57(63-62(64-58)49-18-14-16-42(2)36-49)46-25-27-47(28-26-46)61-43(3)37-50(38-44(61)4)45-29-31-53(32-30-45)66-59-24-12-11-23-55(59)56-39-54(33-34-60(56)66)65(51-19-7-5-8-20-51)52-21-9-6-10-22-52/h5-40H,1-4H3. The Kier molecular flexibility index (Phi) is 10.4. The van der Waals surface area contributed by atoms with Crippen molar-refractivity contribution < 1.29 is 0 Å². The lowest BCUT2D eigenvalue weighted by Gasteiger charge is -2.25. The minimum atomic E-state index is 0.728. The highest BCUT2D eigenvalue weighted by molar-refractivity contribution is 6.10. The molecule has 0 aliphatic carbocycles. The summed E-state index contributed by atoms with van der Waals surface area (Å²) in [6.45, 7) is 8.68. The third kappa shape index (κ3) is 7.63. The molecule has 11 aromatic rings. The summed E-state index contributed by atoms with van der Waals surface area (Å²) >= 11 is 0. The summed E-state index contributed by atoms with van der Waals surface area (Å²) in [6.07, 6.45) is 0. The van der Waals surface area contributed by atoms with Gasteiger partial charge in [-0.25, -0.2) is 9.97 Å². The second kappa shape index (κ2) is 17.0. The van der Waals surface area contributed by atoms with Crippen LogP contribution in [0.5, 0.6) is 0 Å². The van der Waals surface area contributed by atoms with Crippen LogP contribution < -0.4 is 4.90 Å². The lowest BCUT2D eigenvalue weighted by molar-refractivity contribution is 1.18. The maximum absolute atomic E-state index is 5.11. The Hall–Kier alpha value is -8.34. The molecule has 4 heteroatoms. The Morgan fingerprint density at radius 2 is 0.894 bits per heavy atom. The molecule has 0 amide bonds. The van der Waals surface area contributed by atoms with E-state index in [9.17, 15) is 0 Å². The molecule has 0 bridgehead atoms. The van der Waals surface area contributed by atoms with Crippen molar-refractivity contribution in [1.29, 1.82) is 0 Å². The molecule has 0 atom stereocenters. The van der Waals surface area contributed by atoms with Crippen LogP contribution in [0.1, 0.15) is 22.3 Å². The van der Waals surface area contributed by atoms with Crippen LogP contribution in [0.3, 0.4) is 0 Å². The second-order valence-electron chi connectivity index (χ2n) is 17.4. The van der Waals surface area contributed by atoms with Gasteiger partial charge >= 0.3 is 0 Å². The van der Waals surface area contributed by atoms with Crippen molar-refractivity contribution in [3.8, 4) is 61.8 Å². The van der Waals surface area contributed by atoms with Gasteiger partial charge in [-0.15, -0.1) is 0 Å². The molecule has 0 radical (unpaired) electrons. The smallest absolute Gasteiger partial charge is 0.160 e. The van der Waals surface area contributed by atoms with Crippen molar-refractivity contribution in [2.24, 2.45) is 0 Å². The van der Waals surface area contributed by atoms with Gasteiger partial charge < -0.3 is 9.47 Å². The third-order valence-corrected chi connectivity index (χ3v) is 12.7. The summed E-state index contributed by atoms with van der Waals surface area (Å²) in [5.74, 6) is 0.728. The molecule has 0 aliphatic rings. The fourth-order valence-corrected chi connectivity index (χ4v) is 9.64. The van der Waals surface area contributed by atoms with E-state index in [1.807, 2.05) is 0 Å². The molecule has 2 heterocycles. The Morgan fingerprint density at radius 3 is 1.55 bits per heavy atom. The van der Waals surface area contributed by atoms with Gasteiger partial charge in [0.2, 0.25) is 0 Å². The van der Waals surface area contributed by atoms with E-state index in [-0.39, 0.29) is 0 Å². The lowest BCUT2D eigenvalue weighted by atomic mass is 9.91. The summed E-state index contributed by atoms with van der Waals surface area (Å²) < 4.78 is 2.39. The van der Waals surface area contributed by atoms with Gasteiger partial charge in [0.25, 0.3) is 0 Å². The summed E-state index contributed by atoms with van der Waals surface area (Å²) in [5, 5.41) is 2.44. The minimum absolute atomic E-state index is 0.728. The average molecular weight is 849 g/mol. The molecule has 0 unspecified atom stereocenters.